The Morgan fingerprint density at radius 3 is 2.89 bits per heavy atom. The van der Waals surface area contributed by atoms with Gasteiger partial charge in [-0.05, 0) is 25.0 Å². The highest BCUT2D eigenvalue weighted by Crippen LogP contribution is 2.23. The van der Waals surface area contributed by atoms with Crippen molar-refractivity contribution in [3.8, 4) is 5.75 Å². The van der Waals surface area contributed by atoms with Crippen LogP contribution in [-0.4, -0.2) is 29.7 Å². The molecular formula is C13H16N2O4. The molecular weight excluding hydrogens is 248 g/mol. The van der Waals surface area contributed by atoms with Crippen molar-refractivity contribution in [2.45, 2.75) is 25.6 Å². The summed E-state index contributed by atoms with van der Waals surface area (Å²) in [6.07, 6.45) is 2.49. The second kappa shape index (κ2) is 6.31. The lowest BCUT2D eigenvalue weighted by molar-refractivity contribution is -0.122. The molecule has 0 radical (unpaired) electrons. The summed E-state index contributed by atoms with van der Waals surface area (Å²) >= 11 is 0. The summed E-state index contributed by atoms with van der Waals surface area (Å²) < 4.78 is 11.1. The molecule has 0 bridgehead atoms. The molecule has 0 aliphatic carbocycles. The van der Waals surface area contributed by atoms with Crippen LogP contribution in [0.15, 0.2) is 24.3 Å². The van der Waals surface area contributed by atoms with E-state index in [1.807, 2.05) is 0 Å². The van der Waals surface area contributed by atoms with E-state index >= 15 is 0 Å². The number of para-hydroxylation sites is 1. The van der Waals surface area contributed by atoms with Crippen LogP contribution >= 0.6 is 0 Å². The average molecular weight is 264 g/mol. The smallest absolute Gasteiger partial charge is 0.293 e. The van der Waals surface area contributed by atoms with Gasteiger partial charge < -0.3 is 9.47 Å². The van der Waals surface area contributed by atoms with Crippen molar-refractivity contribution in [2.24, 2.45) is 0 Å². The molecule has 6 heteroatoms. The number of carbonyl (C=O) groups is 1. The lowest BCUT2D eigenvalue weighted by Gasteiger charge is -2.24. The van der Waals surface area contributed by atoms with Gasteiger partial charge in [0.2, 0.25) is 0 Å². The molecule has 1 amide bonds. The largest absolute Gasteiger partial charge is 0.464 e. The van der Waals surface area contributed by atoms with E-state index in [-0.39, 0.29) is 12.0 Å². The van der Waals surface area contributed by atoms with Crippen LogP contribution in [0.2, 0.25) is 0 Å². The van der Waals surface area contributed by atoms with Crippen molar-refractivity contribution < 1.29 is 19.5 Å². The minimum Gasteiger partial charge on any atom is -0.464 e. The highest BCUT2D eigenvalue weighted by Gasteiger charge is 2.20. The third-order valence-electron chi connectivity index (χ3n) is 2.88. The molecule has 6 nitrogen and oxygen atoms in total. The minimum atomic E-state index is -0.874. The van der Waals surface area contributed by atoms with E-state index in [2.05, 4.69) is 0 Å². The van der Waals surface area contributed by atoms with Gasteiger partial charge >= 0.3 is 0 Å². The zero-order valence-corrected chi connectivity index (χ0v) is 10.4. The molecule has 1 aliphatic rings. The van der Waals surface area contributed by atoms with E-state index in [1.54, 1.807) is 24.3 Å². The molecule has 1 fully saturated rings. The van der Waals surface area contributed by atoms with Gasteiger partial charge in [-0.25, -0.2) is 5.48 Å². The zero-order chi connectivity index (χ0) is 13.7. The maximum absolute atomic E-state index is 11.3. The van der Waals surface area contributed by atoms with Crippen LogP contribution < -0.4 is 10.2 Å². The van der Waals surface area contributed by atoms with Gasteiger partial charge in [0, 0.05) is 12.0 Å². The second-order valence-corrected chi connectivity index (χ2v) is 4.23. The van der Waals surface area contributed by atoms with E-state index < -0.39 is 5.91 Å². The second-order valence-electron chi connectivity index (χ2n) is 4.23. The van der Waals surface area contributed by atoms with Gasteiger partial charge in [-0.3, -0.25) is 15.4 Å². The zero-order valence-electron chi connectivity index (χ0n) is 10.4. The molecule has 0 saturated carbocycles. The summed E-state index contributed by atoms with van der Waals surface area (Å²) in [6.45, 7) is 0.654. The van der Waals surface area contributed by atoms with Crippen LogP contribution in [0, 0.1) is 5.41 Å². The fourth-order valence-corrected chi connectivity index (χ4v) is 1.90. The molecule has 1 aromatic carbocycles. The van der Waals surface area contributed by atoms with E-state index in [9.17, 15) is 4.79 Å². The number of carbonyl (C=O) groups excluding carboxylic acids is 1. The highest BCUT2D eigenvalue weighted by molar-refractivity contribution is 6.44. The number of benzene rings is 1. The molecule has 1 atom stereocenters. The first-order valence-corrected chi connectivity index (χ1v) is 6.13. The maximum atomic E-state index is 11.3. The molecule has 19 heavy (non-hydrogen) atoms. The topological polar surface area (TPSA) is 91.6 Å². The Morgan fingerprint density at radius 2 is 2.21 bits per heavy atom. The number of rotatable bonds is 4. The molecule has 0 aromatic heterocycles. The Kier molecular flexibility index (Phi) is 4.48. The van der Waals surface area contributed by atoms with E-state index in [0.717, 1.165) is 19.3 Å². The number of ether oxygens (including phenoxy) is 2. The van der Waals surface area contributed by atoms with Gasteiger partial charge in [-0.15, -0.1) is 0 Å². The van der Waals surface area contributed by atoms with Crippen LogP contribution in [0.5, 0.6) is 5.75 Å². The van der Waals surface area contributed by atoms with Crippen molar-refractivity contribution in [1.82, 2.24) is 5.48 Å². The Bertz CT molecular complexity index is 469. The Morgan fingerprint density at radius 1 is 1.42 bits per heavy atom. The van der Waals surface area contributed by atoms with E-state index in [1.165, 1.54) is 5.48 Å². The van der Waals surface area contributed by atoms with E-state index in [0.29, 0.717) is 17.9 Å². The molecule has 1 aromatic rings. The number of hydrogen-bond donors (Lipinski definition) is 3. The van der Waals surface area contributed by atoms with Gasteiger partial charge in [0.15, 0.2) is 6.29 Å². The number of hydrogen-bond acceptors (Lipinski definition) is 5. The first-order chi connectivity index (χ1) is 9.22. The lowest BCUT2D eigenvalue weighted by atomic mass is 10.1. The van der Waals surface area contributed by atoms with Crippen molar-refractivity contribution in [1.29, 1.82) is 5.41 Å². The van der Waals surface area contributed by atoms with Crippen LogP contribution in [-0.2, 0) is 9.53 Å². The Hall–Kier alpha value is -1.92. The van der Waals surface area contributed by atoms with Crippen LogP contribution in [0.1, 0.15) is 24.8 Å². The molecule has 1 aliphatic heterocycles. The number of hydroxylamine groups is 1. The Labute approximate surface area is 110 Å². The van der Waals surface area contributed by atoms with Crippen molar-refractivity contribution in [3.05, 3.63) is 29.8 Å². The monoisotopic (exact) mass is 264 g/mol. The van der Waals surface area contributed by atoms with Gasteiger partial charge in [0.05, 0.1) is 6.61 Å². The SMILES string of the molecule is N=C(C(=O)NO)c1ccccc1OC1CCCCO1. The Balaban J connectivity index is 2.15. The van der Waals surface area contributed by atoms with E-state index in [4.69, 9.17) is 20.1 Å². The minimum absolute atomic E-state index is 0.322. The summed E-state index contributed by atoms with van der Waals surface area (Å²) in [6, 6.07) is 6.72. The summed E-state index contributed by atoms with van der Waals surface area (Å²) in [7, 11) is 0. The quantitative estimate of drug-likeness (QED) is 0.436. The molecule has 102 valence electrons. The van der Waals surface area contributed by atoms with Gasteiger partial charge in [-0.1, -0.05) is 12.1 Å². The molecule has 1 heterocycles. The van der Waals surface area contributed by atoms with Crippen molar-refractivity contribution >= 4 is 11.6 Å². The van der Waals surface area contributed by atoms with Gasteiger partial charge in [0.1, 0.15) is 11.5 Å². The fourth-order valence-electron chi connectivity index (χ4n) is 1.90. The summed E-state index contributed by atoms with van der Waals surface area (Å²) in [5.41, 5.74) is 1.41. The first kappa shape index (κ1) is 13.5. The normalized spacial score (nSPS) is 18.7. The molecule has 0 spiro atoms. The highest BCUT2D eigenvalue weighted by atomic mass is 16.7. The van der Waals surface area contributed by atoms with Crippen LogP contribution in [0.25, 0.3) is 0 Å². The molecule has 3 N–H and O–H groups in total. The number of nitrogens with one attached hydrogen (secondary N) is 2. The molecule has 1 saturated heterocycles. The molecule has 2 rings (SSSR count). The third-order valence-corrected chi connectivity index (χ3v) is 2.88. The summed E-state index contributed by atoms with van der Waals surface area (Å²) in [5.74, 6) is -0.469. The predicted octanol–water partition coefficient (Wildman–Crippen LogP) is 1.47. The maximum Gasteiger partial charge on any atom is 0.293 e. The van der Waals surface area contributed by atoms with Crippen LogP contribution in [0.4, 0.5) is 0 Å². The van der Waals surface area contributed by atoms with Crippen LogP contribution in [0.3, 0.4) is 0 Å². The summed E-state index contributed by atoms with van der Waals surface area (Å²) in [4.78, 5) is 11.3. The lowest BCUT2D eigenvalue weighted by Crippen LogP contribution is -2.30. The van der Waals surface area contributed by atoms with Gasteiger partial charge in [-0.2, -0.15) is 0 Å². The summed E-state index contributed by atoms with van der Waals surface area (Å²) in [5, 5.41) is 16.3. The van der Waals surface area contributed by atoms with Gasteiger partial charge in [0.25, 0.3) is 5.91 Å². The number of amides is 1. The average Bonchev–Trinajstić information content (AvgIpc) is 2.47. The fraction of sp³-hybridized carbons (Fsp3) is 0.385. The predicted molar refractivity (Wildman–Crippen MR) is 67.4 cm³/mol. The van der Waals surface area contributed by atoms with Crippen molar-refractivity contribution in [2.75, 3.05) is 6.61 Å². The van der Waals surface area contributed by atoms with Crippen molar-refractivity contribution in [3.63, 3.8) is 0 Å². The first-order valence-electron chi connectivity index (χ1n) is 6.13. The molecule has 1 unspecified atom stereocenters. The third kappa shape index (κ3) is 3.30. The standard InChI is InChI=1S/C13H16N2O4/c14-12(13(16)15-17)9-5-1-2-6-10(9)19-11-7-3-4-8-18-11/h1-2,5-6,11,14,17H,3-4,7-8H2,(H,15,16).